The average Bonchev–Trinajstić information content (AvgIpc) is 3.03. The van der Waals surface area contributed by atoms with Gasteiger partial charge in [0.2, 0.25) is 0 Å². The molecule has 0 atom stereocenters. The Bertz CT molecular complexity index is 382. The highest BCUT2D eigenvalue weighted by molar-refractivity contribution is 5.43. The van der Waals surface area contributed by atoms with E-state index in [9.17, 15) is 0 Å². The lowest BCUT2D eigenvalue weighted by molar-refractivity contribution is 0.405. The van der Waals surface area contributed by atoms with E-state index in [2.05, 4.69) is 23.5 Å². The van der Waals surface area contributed by atoms with Crippen molar-refractivity contribution in [3.63, 3.8) is 0 Å². The molecule has 1 spiro atoms. The lowest BCUT2D eigenvalue weighted by Gasteiger charge is -2.15. The molecular weight excluding hydrogens is 186 g/mol. The maximum atomic E-state index is 5.46. The van der Waals surface area contributed by atoms with E-state index < -0.39 is 0 Å². The van der Waals surface area contributed by atoms with Crippen molar-refractivity contribution < 1.29 is 4.74 Å². The highest BCUT2D eigenvalue weighted by atomic mass is 16.5. The van der Waals surface area contributed by atoms with Gasteiger partial charge in [-0.15, -0.1) is 0 Å². The lowest BCUT2D eigenvalue weighted by Crippen LogP contribution is -2.32. The van der Waals surface area contributed by atoms with Crippen molar-refractivity contribution in [2.75, 3.05) is 13.7 Å². The second-order valence-corrected chi connectivity index (χ2v) is 4.73. The molecule has 0 radical (unpaired) electrons. The minimum absolute atomic E-state index is 0.417. The Morgan fingerprint density at radius 2 is 2.20 bits per heavy atom. The van der Waals surface area contributed by atoms with Gasteiger partial charge in [0, 0.05) is 5.54 Å². The summed E-state index contributed by atoms with van der Waals surface area (Å²) in [5.41, 5.74) is 3.31. The van der Waals surface area contributed by atoms with E-state index in [1.807, 2.05) is 0 Å². The molecule has 0 aromatic heterocycles. The summed E-state index contributed by atoms with van der Waals surface area (Å²) < 4.78 is 5.46. The molecule has 2 aliphatic rings. The van der Waals surface area contributed by atoms with Crippen molar-refractivity contribution in [2.45, 2.75) is 31.2 Å². The zero-order valence-corrected chi connectivity index (χ0v) is 9.18. The van der Waals surface area contributed by atoms with Crippen LogP contribution in [-0.4, -0.2) is 19.2 Å². The number of hydrogen-bond acceptors (Lipinski definition) is 2. The Morgan fingerprint density at radius 1 is 1.33 bits per heavy atom. The van der Waals surface area contributed by atoms with Crippen LogP contribution in [0.4, 0.5) is 0 Å². The molecule has 1 aliphatic carbocycles. The summed E-state index contributed by atoms with van der Waals surface area (Å²) in [7, 11) is 1.77. The number of benzene rings is 1. The van der Waals surface area contributed by atoms with Gasteiger partial charge in [0.15, 0.2) is 0 Å². The predicted molar refractivity (Wildman–Crippen MR) is 60.4 cm³/mol. The van der Waals surface area contributed by atoms with Crippen LogP contribution in [0.15, 0.2) is 18.2 Å². The van der Waals surface area contributed by atoms with Crippen LogP contribution in [0.5, 0.6) is 5.75 Å². The Kier molecular flexibility index (Phi) is 1.99. The first-order valence-corrected chi connectivity index (χ1v) is 5.73. The largest absolute Gasteiger partial charge is 0.496 e. The van der Waals surface area contributed by atoms with Crippen LogP contribution < -0.4 is 10.1 Å². The summed E-state index contributed by atoms with van der Waals surface area (Å²) in [6.45, 7) is 1.11. The number of rotatable bonds is 1. The van der Waals surface area contributed by atoms with E-state index in [-0.39, 0.29) is 0 Å². The highest BCUT2D eigenvalue weighted by Crippen LogP contribution is 2.42. The number of hydrogen-bond donors (Lipinski definition) is 1. The molecule has 0 amide bonds. The Balaban J connectivity index is 2.03. The molecule has 1 aromatic rings. The van der Waals surface area contributed by atoms with E-state index in [1.54, 1.807) is 7.11 Å². The van der Waals surface area contributed by atoms with E-state index in [0.717, 1.165) is 25.1 Å². The summed E-state index contributed by atoms with van der Waals surface area (Å²) >= 11 is 0. The lowest BCUT2D eigenvalue weighted by atomic mass is 9.98. The van der Waals surface area contributed by atoms with Gasteiger partial charge in [-0.3, -0.25) is 0 Å². The Labute approximate surface area is 90.6 Å². The minimum atomic E-state index is 0.417. The predicted octanol–water partition coefficient (Wildman–Crippen LogP) is 1.92. The van der Waals surface area contributed by atoms with Crippen LogP contribution in [0, 0.1) is 0 Å². The van der Waals surface area contributed by atoms with Gasteiger partial charge < -0.3 is 10.1 Å². The zero-order valence-electron chi connectivity index (χ0n) is 9.18. The van der Waals surface area contributed by atoms with Crippen molar-refractivity contribution >= 4 is 0 Å². The van der Waals surface area contributed by atoms with Crippen molar-refractivity contribution in [3.8, 4) is 5.75 Å². The average molecular weight is 203 g/mol. The fourth-order valence-corrected chi connectivity index (χ4v) is 2.60. The number of methoxy groups -OCH3 is 1. The minimum Gasteiger partial charge on any atom is -0.496 e. The SMILES string of the molecule is COc1cccc2c1CC1(CC1)NCC2. The van der Waals surface area contributed by atoms with E-state index in [4.69, 9.17) is 4.74 Å². The second-order valence-electron chi connectivity index (χ2n) is 4.73. The first-order chi connectivity index (χ1) is 7.33. The van der Waals surface area contributed by atoms with Crippen LogP contribution >= 0.6 is 0 Å². The molecule has 2 heteroatoms. The molecule has 1 aromatic carbocycles. The third-order valence-electron chi connectivity index (χ3n) is 3.71. The molecule has 0 saturated heterocycles. The molecule has 0 unspecified atom stereocenters. The number of nitrogens with one attached hydrogen (secondary N) is 1. The van der Waals surface area contributed by atoms with E-state index in [0.29, 0.717) is 5.54 Å². The maximum absolute atomic E-state index is 5.46. The quantitative estimate of drug-likeness (QED) is 0.753. The maximum Gasteiger partial charge on any atom is 0.122 e. The zero-order chi connectivity index (χ0) is 10.3. The van der Waals surface area contributed by atoms with Gasteiger partial charge >= 0.3 is 0 Å². The van der Waals surface area contributed by atoms with Crippen molar-refractivity contribution in [1.82, 2.24) is 5.32 Å². The smallest absolute Gasteiger partial charge is 0.122 e. The van der Waals surface area contributed by atoms with Gasteiger partial charge in [-0.25, -0.2) is 0 Å². The van der Waals surface area contributed by atoms with Gasteiger partial charge in [-0.05, 0) is 49.4 Å². The standard InChI is InChI=1S/C13H17NO/c1-15-12-4-2-3-10-5-8-14-13(6-7-13)9-11(10)12/h2-4,14H,5-9H2,1H3. The second kappa shape index (κ2) is 3.24. The summed E-state index contributed by atoms with van der Waals surface area (Å²) in [6, 6.07) is 6.42. The molecule has 15 heavy (non-hydrogen) atoms. The van der Waals surface area contributed by atoms with Crippen LogP contribution in [0.3, 0.4) is 0 Å². The normalized spacial score (nSPS) is 21.9. The van der Waals surface area contributed by atoms with Crippen LogP contribution in [0.1, 0.15) is 24.0 Å². The number of ether oxygens (including phenoxy) is 1. The Hall–Kier alpha value is -1.02. The summed E-state index contributed by atoms with van der Waals surface area (Å²) in [5.74, 6) is 1.07. The molecule has 3 rings (SSSR count). The van der Waals surface area contributed by atoms with Gasteiger partial charge in [-0.1, -0.05) is 12.1 Å². The van der Waals surface area contributed by atoms with Gasteiger partial charge in [0.05, 0.1) is 7.11 Å². The molecule has 1 fully saturated rings. The van der Waals surface area contributed by atoms with Gasteiger partial charge in [0.1, 0.15) is 5.75 Å². The van der Waals surface area contributed by atoms with Gasteiger partial charge in [0.25, 0.3) is 0 Å². The fourth-order valence-electron chi connectivity index (χ4n) is 2.60. The molecule has 2 nitrogen and oxygen atoms in total. The molecule has 0 bridgehead atoms. The molecule has 1 saturated carbocycles. The van der Waals surface area contributed by atoms with Crippen molar-refractivity contribution in [3.05, 3.63) is 29.3 Å². The van der Waals surface area contributed by atoms with Crippen molar-refractivity contribution in [1.29, 1.82) is 0 Å². The monoisotopic (exact) mass is 203 g/mol. The fraction of sp³-hybridized carbons (Fsp3) is 0.538. The molecular formula is C13H17NO. The molecule has 1 N–H and O–H groups in total. The third kappa shape index (κ3) is 1.53. The first kappa shape index (κ1) is 9.22. The summed E-state index contributed by atoms with van der Waals surface area (Å²) in [6.07, 6.45) is 4.93. The van der Waals surface area contributed by atoms with Gasteiger partial charge in [-0.2, -0.15) is 0 Å². The Morgan fingerprint density at radius 3 is 2.93 bits per heavy atom. The van der Waals surface area contributed by atoms with Crippen LogP contribution in [-0.2, 0) is 12.8 Å². The van der Waals surface area contributed by atoms with E-state index >= 15 is 0 Å². The van der Waals surface area contributed by atoms with E-state index in [1.165, 1.54) is 24.0 Å². The molecule has 1 aliphatic heterocycles. The molecule has 1 heterocycles. The molecule has 80 valence electrons. The third-order valence-corrected chi connectivity index (χ3v) is 3.71. The van der Waals surface area contributed by atoms with Crippen molar-refractivity contribution in [2.24, 2.45) is 0 Å². The number of fused-ring (bicyclic) bond motifs is 1. The first-order valence-electron chi connectivity index (χ1n) is 5.73. The summed E-state index contributed by atoms with van der Waals surface area (Å²) in [5, 5.41) is 3.67. The highest BCUT2D eigenvalue weighted by Gasteiger charge is 2.43. The van der Waals surface area contributed by atoms with Crippen LogP contribution in [0.2, 0.25) is 0 Å². The topological polar surface area (TPSA) is 21.3 Å². The summed E-state index contributed by atoms with van der Waals surface area (Å²) in [4.78, 5) is 0. The van der Waals surface area contributed by atoms with Crippen LogP contribution in [0.25, 0.3) is 0 Å².